The number of imide groups is 1. The summed E-state index contributed by atoms with van der Waals surface area (Å²) in [6.45, 7) is 3.47. The number of aryl methyl sites for hydroxylation is 1. The molecule has 2 amide bonds. The van der Waals surface area contributed by atoms with Gasteiger partial charge >= 0.3 is 0 Å². The number of nitrogens with zero attached hydrogens (tertiary/aromatic N) is 1. The van der Waals surface area contributed by atoms with E-state index in [4.69, 9.17) is 11.6 Å². The highest BCUT2D eigenvalue weighted by atomic mass is 35.5. The molecule has 0 spiro atoms. The Morgan fingerprint density at radius 3 is 2.49 bits per heavy atom. The smallest absolute Gasteiger partial charge is 0.238 e. The van der Waals surface area contributed by atoms with Crippen LogP contribution in [0.4, 0.5) is 5.69 Å². The number of allylic oxidation sites excluding steroid dienone is 6. The van der Waals surface area contributed by atoms with Crippen LogP contribution in [0, 0.1) is 24.7 Å². The Labute approximate surface area is 241 Å². The van der Waals surface area contributed by atoms with Crippen LogP contribution in [-0.4, -0.2) is 28.5 Å². The molecule has 4 aliphatic rings. The molecule has 3 aromatic rings. The van der Waals surface area contributed by atoms with Crippen LogP contribution < -0.4 is 4.90 Å². The highest BCUT2D eigenvalue weighted by Gasteiger charge is 2.57. The number of anilines is 1. The molecule has 3 aromatic carbocycles. The topological polar surface area (TPSA) is 91.8 Å². The lowest BCUT2D eigenvalue weighted by Crippen LogP contribution is -2.39. The number of hydrogen-bond acceptors (Lipinski definition) is 5. The normalized spacial score (nSPS) is 25.7. The number of carbonyl (C=O) groups excluding carboxylic acids is 4. The van der Waals surface area contributed by atoms with Crippen LogP contribution in [0.2, 0.25) is 5.02 Å². The van der Waals surface area contributed by atoms with Gasteiger partial charge in [0.25, 0.3) is 0 Å². The molecule has 0 saturated carbocycles. The largest absolute Gasteiger partial charge is 0.508 e. The summed E-state index contributed by atoms with van der Waals surface area (Å²) in [6, 6.07) is 16.2. The number of Topliss-reactive ketones (excluding diaryl/α,β-unsaturated/α-hetero) is 1. The Morgan fingerprint density at radius 1 is 0.927 bits per heavy atom. The average Bonchev–Trinajstić information content (AvgIpc) is 3.22. The molecule has 1 fully saturated rings. The van der Waals surface area contributed by atoms with E-state index in [1.165, 1.54) is 11.0 Å². The SMILES string of the molecule is CC1=CC(=O)C2=C(C[C@@H]3C(=CC[C@@H]4C(=O)N(c5ccc(C)c(Cl)c5)C(=O)[C@@H]43)[C@@H]2c2c(O)ccc3ccccc23)C1=O. The summed E-state index contributed by atoms with van der Waals surface area (Å²) >= 11 is 6.36. The van der Waals surface area contributed by atoms with Crippen molar-refractivity contribution in [2.45, 2.75) is 32.6 Å². The zero-order chi connectivity index (χ0) is 28.7. The van der Waals surface area contributed by atoms with E-state index in [0.29, 0.717) is 39.4 Å². The molecular formula is C34H26ClNO5. The summed E-state index contributed by atoms with van der Waals surface area (Å²) in [7, 11) is 0. The monoisotopic (exact) mass is 563 g/mol. The number of hydrogen-bond donors (Lipinski definition) is 1. The molecule has 1 aliphatic heterocycles. The summed E-state index contributed by atoms with van der Waals surface area (Å²) in [6.07, 6.45) is 3.83. The zero-order valence-electron chi connectivity index (χ0n) is 22.5. The first-order chi connectivity index (χ1) is 19.7. The van der Waals surface area contributed by atoms with Crippen LogP contribution >= 0.6 is 11.6 Å². The van der Waals surface area contributed by atoms with Crippen molar-refractivity contribution in [3.05, 3.63) is 105 Å². The summed E-state index contributed by atoms with van der Waals surface area (Å²) in [5.74, 6) is -3.60. The molecular weight excluding hydrogens is 538 g/mol. The number of benzene rings is 3. The first-order valence-electron chi connectivity index (χ1n) is 13.7. The molecule has 6 nitrogen and oxygen atoms in total. The van der Waals surface area contributed by atoms with E-state index < -0.39 is 23.7 Å². The Hall–Kier alpha value is -4.29. The number of halogens is 1. The molecule has 0 radical (unpaired) electrons. The minimum atomic E-state index is -0.720. The first-order valence-corrected chi connectivity index (χ1v) is 14.1. The van der Waals surface area contributed by atoms with Gasteiger partial charge in [-0.3, -0.25) is 19.2 Å². The van der Waals surface area contributed by atoms with Gasteiger partial charge in [0.2, 0.25) is 11.8 Å². The van der Waals surface area contributed by atoms with Gasteiger partial charge in [0.05, 0.1) is 17.5 Å². The molecule has 0 unspecified atom stereocenters. The van der Waals surface area contributed by atoms with Crippen LogP contribution in [0.5, 0.6) is 5.75 Å². The Balaban J connectivity index is 1.42. The quantitative estimate of drug-likeness (QED) is 0.230. The molecule has 1 N–H and O–H groups in total. The lowest BCUT2D eigenvalue weighted by atomic mass is 9.59. The number of phenols is 1. The molecule has 0 bridgehead atoms. The minimum absolute atomic E-state index is 0.0143. The maximum atomic E-state index is 14.1. The van der Waals surface area contributed by atoms with Crippen molar-refractivity contribution in [2.24, 2.45) is 17.8 Å². The number of carbonyl (C=O) groups is 4. The van der Waals surface area contributed by atoms with Gasteiger partial charge in [-0.25, -0.2) is 4.90 Å². The highest BCUT2D eigenvalue weighted by molar-refractivity contribution is 6.32. The average molecular weight is 564 g/mol. The van der Waals surface area contributed by atoms with Crippen molar-refractivity contribution < 1.29 is 24.3 Å². The Morgan fingerprint density at radius 2 is 1.71 bits per heavy atom. The fraction of sp³-hybridized carbons (Fsp3) is 0.235. The second kappa shape index (κ2) is 9.11. The van der Waals surface area contributed by atoms with E-state index in [-0.39, 0.29) is 35.6 Å². The molecule has 204 valence electrons. The van der Waals surface area contributed by atoms with Gasteiger partial charge in [-0.1, -0.05) is 59.6 Å². The van der Waals surface area contributed by atoms with Crippen LogP contribution in [-0.2, 0) is 19.2 Å². The maximum absolute atomic E-state index is 14.1. The fourth-order valence-corrected chi connectivity index (χ4v) is 7.45. The second-order valence-corrected chi connectivity index (χ2v) is 11.8. The molecule has 41 heavy (non-hydrogen) atoms. The van der Waals surface area contributed by atoms with Gasteiger partial charge in [-0.15, -0.1) is 0 Å². The number of ketones is 2. The van der Waals surface area contributed by atoms with Crippen molar-refractivity contribution in [1.82, 2.24) is 0 Å². The third-order valence-electron chi connectivity index (χ3n) is 9.21. The van der Waals surface area contributed by atoms with Crippen molar-refractivity contribution in [3.8, 4) is 5.75 Å². The predicted molar refractivity (Wildman–Crippen MR) is 156 cm³/mol. The third-order valence-corrected chi connectivity index (χ3v) is 9.62. The van der Waals surface area contributed by atoms with E-state index >= 15 is 0 Å². The third kappa shape index (κ3) is 3.63. The predicted octanol–water partition coefficient (Wildman–Crippen LogP) is 6.14. The van der Waals surface area contributed by atoms with E-state index in [9.17, 15) is 24.3 Å². The van der Waals surface area contributed by atoms with Gasteiger partial charge in [-0.2, -0.15) is 0 Å². The first kappa shape index (κ1) is 25.7. The van der Waals surface area contributed by atoms with Crippen LogP contribution in [0.25, 0.3) is 10.8 Å². The molecule has 7 heteroatoms. The van der Waals surface area contributed by atoms with Crippen LogP contribution in [0.3, 0.4) is 0 Å². The molecule has 1 saturated heterocycles. The molecule has 3 aliphatic carbocycles. The Bertz CT molecular complexity index is 1850. The van der Waals surface area contributed by atoms with Gasteiger partial charge < -0.3 is 5.11 Å². The number of fused-ring (bicyclic) bond motifs is 4. The standard InChI is InChI=1S/C34H26ClNO5/c1-16-7-9-19(14-25(16)35)36-33(40)22-11-10-21-23(28(22)34(36)41)15-24-30(27(38)13-17(2)32(24)39)31(21)29-20-6-4-3-5-18(20)8-12-26(29)37/h3-10,12-14,22-23,28,31,37H,11,15H2,1-2H3/t22-,23+,28-,31+/m0/s1. The van der Waals surface area contributed by atoms with E-state index in [0.717, 1.165) is 21.9 Å². The van der Waals surface area contributed by atoms with Gasteiger partial charge in [0, 0.05) is 33.2 Å². The summed E-state index contributed by atoms with van der Waals surface area (Å²) in [5, 5.41) is 13.4. The molecule has 0 aromatic heterocycles. The van der Waals surface area contributed by atoms with Crippen molar-refractivity contribution >= 4 is 51.4 Å². The minimum Gasteiger partial charge on any atom is -0.508 e. The lowest BCUT2D eigenvalue weighted by molar-refractivity contribution is -0.123. The van der Waals surface area contributed by atoms with Crippen molar-refractivity contribution in [2.75, 3.05) is 4.90 Å². The van der Waals surface area contributed by atoms with Crippen LogP contribution in [0.15, 0.2) is 89.0 Å². The number of amides is 2. The van der Waals surface area contributed by atoms with Crippen LogP contribution in [0.1, 0.15) is 36.8 Å². The van der Waals surface area contributed by atoms with E-state index in [1.54, 1.807) is 31.2 Å². The molecule has 1 heterocycles. The van der Waals surface area contributed by atoms with Gasteiger partial charge in [-0.05, 0) is 73.2 Å². The van der Waals surface area contributed by atoms with Gasteiger partial charge in [0.15, 0.2) is 11.6 Å². The summed E-state index contributed by atoms with van der Waals surface area (Å²) < 4.78 is 0. The number of phenolic OH excluding ortho intramolecular Hbond substituents is 1. The van der Waals surface area contributed by atoms with E-state index in [1.807, 2.05) is 43.3 Å². The lowest BCUT2D eigenvalue weighted by Gasteiger charge is -2.42. The molecule has 4 atom stereocenters. The molecule has 7 rings (SSSR count). The number of rotatable bonds is 2. The summed E-state index contributed by atoms with van der Waals surface area (Å²) in [5.41, 5.74) is 3.67. The maximum Gasteiger partial charge on any atom is 0.238 e. The fourth-order valence-electron chi connectivity index (χ4n) is 7.28. The second-order valence-electron chi connectivity index (χ2n) is 11.4. The zero-order valence-corrected chi connectivity index (χ0v) is 23.2. The highest BCUT2D eigenvalue weighted by Crippen LogP contribution is 2.57. The van der Waals surface area contributed by atoms with Crippen molar-refractivity contribution in [3.63, 3.8) is 0 Å². The van der Waals surface area contributed by atoms with Gasteiger partial charge in [0.1, 0.15) is 5.75 Å². The number of aromatic hydroxyl groups is 1. The van der Waals surface area contributed by atoms with E-state index in [2.05, 4.69) is 0 Å². The van der Waals surface area contributed by atoms with Crippen molar-refractivity contribution in [1.29, 1.82) is 0 Å². The summed E-state index contributed by atoms with van der Waals surface area (Å²) in [4.78, 5) is 56.2. The Kier molecular flexibility index (Phi) is 5.70.